The van der Waals surface area contributed by atoms with Crippen LogP contribution in [-0.4, -0.2) is 7.28 Å². The van der Waals surface area contributed by atoms with E-state index in [0.29, 0.717) is 35.5 Å². The van der Waals surface area contributed by atoms with E-state index in [1.54, 1.807) is 11.1 Å². The van der Waals surface area contributed by atoms with Crippen molar-refractivity contribution in [2.75, 3.05) is 0 Å². The van der Waals surface area contributed by atoms with E-state index in [1.165, 1.54) is 39.6 Å². The Labute approximate surface area is 187 Å². The van der Waals surface area contributed by atoms with Gasteiger partial charge in [-0.2, -0.15) is 0 Å². The molecule has 2 atom stereocenters. The van der Waals surface area contributed by atoms with Crippen molar-refractivity contribution in [3.8, 4) is 0 Å². The molecule has 2 aromatic carbocycles. The minimum atomic E-state index is 0.527. The third-order valence-electron chi connectivity index (χ3n) is 7.17. The van der Waals surface area contributed by atoms with Crippen LogP contribution in [0.1, 0.15) is 145 Å². The van der Waals surface area contributed by atoms with Gasteiger partial charge in [0.05, 0.1) is 0 Å². The van der Waals surface area contributed by atoms with Gasteiger partial charge in [0, 0.05) is 0 Å². The summed E-state index contributed by atoms with van der Waals surface area (Å²) in [7, 11) is 2.57. The maximum absolute atomic E-state index is 2.57. The highest BCUT2D eigenvalue weighted by Crippen LogP contribution is 2.35. The molecular weight excluding hydrogens is 359 g/mol. The zero-order valence-electron chi connectivity index (χ0n) is 21.1. The minimum absolute atomic E-state index is 0.527. The fraction of sp³-hybridized carbons (Fsp3) is 0.586. The molecule has 0 amide bonds. The molecule has 0 bridgehead atoms. The van der Waals surface area contributed by atoms with Crippen molar-refractivity contribution in [3.63, 3.8) is 0 Å². The topological polar surface area (TPSA) is 0 Å². The van der Waals surface area contributed by atoms with Gasteiger partial charge in [-0.3, -0.25) is 0 Å². The highest BCUT2D eigenvalue weighted by atomic mass is 14.3. The van der Waals surface area contributed by atoms with Gasteiger partial charge in [0.15, 0.2) is 7.28 Å². The molecule has 0 spiro atoms. The van der Waals surface area contributed by atoms with Crippen molar-refractivity contribution in [2.45, 2.75) is 111 Å². The van der Waals surface area contributed by atoms with Gasteiger partial charge in [0.2, 0.25) is 0 Å². The van der Waals surface area contributed by atoms with Crippen molar-refractivity contribution in [1.29, 1.82) is 0 Å². The number of benzene rings is 2. The SMILES string of the molecule is CC(C)c1cc(C(C)C)c2c(c1)C(C)CC(C)c1cc(C(C)C)cc(C(C)C)c1[B]2. The van der Waals surface area contributed by atoms with Crippen LogP contribution < -0.4 is 10.9 Å². The molecule has 0 N–H and O–H groups in total. The van der Waals surface area contributed by atoms with E-state index in [4.69, 9.17) is 0 Å². The number of fused-ring (bicyclic) bond motifs is 2. The van der Waals surface area contributed by atoms with Crippen molar-refractivity contribution >= 4 is 18.2 Å². The quantitative estimate of drug-likeness (QED) is 0.467. The van der Waals surface area contributed by atoms with Gasteiger partial charge >= 0.3 is 0 Å². The number of rotatable bonds is 4. The van der Waals surface area contributed by atoms with E-state index in [2.05, 4.69) is 101 Å². The Bertz CT molecular complexity index is 828. The zero-order valence-corrected chi connectivity index (χ0v) is 21.1. The van der Waals surface area contributed by atoms with Gasteiger partial charge in [-0.05, 0) is 53.1 Å². The first-order chi connectivity index (χ1) is 14.0. The Hall–Kier alpha value is -1.50. The molecule has 161 valence electrons. The summed E-state index contributed by atoms with van der Waals surface area (Å²) in [5.74, 6) is 3.32. The second kappa shape index (κ2) is 8.93. The summed E-state index contributed by atoms with van der Waals surface area (Å²) < 4.78 is 0. The lowest BCUT2D eigenvalue weighted by atomic mass is 9.52. The van der Waals surface area contributed by atoms with E-state index in [0.717, 1.165) is 0 Å². The summed E-state index contributed by atoms with van der Waals surface area (Å²) >= 11 is 0. The molecule has 0 saturated carbocycles. The predicted octanol–water partition coefficient (Wildman–Crippen LogP) is 7.45. The summed E-state index contributed by atoms with van der Waals surface area (Å²) in [6.07, 6.45) is 1.21. The fourth-order valence-corrected chi connectivity index (χ4v) is 5.15. The second-order valence-corrected chi connectivity index (χ2v) is 11.0. The summed E-state index contributed by atoms with van der Waals surface area (Å²) in [5.41, 5.74) is 12.1. The Morgan fingerprint density at radius 1 is 0.600 bits per heavy atom. The normalized spacial score (nSPS) is 19.0. The van der Waals surface area contributed by atoms with Crippen molar-refractivity contribution in [3.05, 3.63) is 57.6 Å². The molecule has 0 saturated heterocycles. The largest absolute Gasteiger partial charge is 0.192 e. The predicted molar refractivity (Wildman–Crippen MR) is 136 cm³/mol. The van der Waals surface area contributed by atoms with Crippen LogP contribution in [0.4, 0.5) is 0 Å². The molecule has 3 rings (SSSR count). The summed E-state index contributed by atoms with van der Waals surface area (Å²) in [5, 5.41) is 0. The Morgan fingerprint density at radius 2 is 0.967 bits per heavy atom. The van der Waals surface area contributed by atoms with Gasteiger partial charge in [-0.25, -0.2) is 0 Å². The molecule has 2 aromatic rings. The lowest BCUT2D eigenvalue weighted by molar-refractivity contribution is 0.592. The molecule has 30 heavy (non-hydrogen) atoms. The van der Waals surface area contributed by atoms with Gasteiger partial charge in [0.1, 0.15) is 0 Å². The van der Waals surface area contributed by atoms with Crippen LogP contribution in [-0.2, 0) is 0 Å². The molecule has 2 unspecified atom stereocenters. The highest BCUT2D eigenvalue weighted by Gasteiger charge is 2.28. The van der Waals surface area contributed by atoms with Gasteiger partial charge < -0.3 is 0 Å². The number of hydrogen-bond donors (Lipinski definition) is 0. The monoisotopic (exact) mass is 401 g/mol. The standard InChI is InChI=1S/C29H42B/c1-16(2)22-12-24(18(5)6)28-26(14-22)20(9)11-21(10)27-15-23(17(3)4)13-25(19(7)8)29(27)30-28/h12-21H,11H2,1-10H3. The third-order valence-corrected chi connectivity index (χ3v) is 7.17. The maximum Gasteiger partial charge on any atom is 0.192 e. The summed E-state index contributed by atoms with van der Waals surface area (Å²) in [6.45, 7) is 23.6. The molecule has 0 aliphatic carbocycles. The van der Waals surface area contributed by atoms with Crippen LogP contribution in [0.2, 0.25) is 0 Å². The summed E-state index contributed by atoms with van der Waals surface area (Å²) in [6, 6.07) is 10.0. The summed E-state index contributed by atoms with van der Waals surface area (Å²) in [4.78, 5) is 0. The molecule has 1 aliphatic rings. The van der Waals surface area contributed by atoms with Crippen molar-refractivity contribution in [2.24, 2.45) is 0 Å². The molecule has 1 heterocycles. The average Bonchev–Trinajstić information content (AvgIpc) is 2.65. The van der Waals surface area contributed by atoms with Gasteiger partial charge in [-0.15, -0.1) is 0 Å². The Balaban J connectivity index is 2.31. The first kappa shape index (κ1) is 23.2. The third kappa shape index (κ3) is 4.41. The lowest BCUT2D eigenvalue weighted by Crippen LogP contribution is -2.40. The van der Waals surface area contributed by atoms with Crippen LogP contribution in [0.3, 0.4) is 0 Å². The van der Waals surface area contributed by atoms with Crippen LogP contribution in [0.15, 0.2) is 24.3 Å². The first-order valence-electron chi connectivity index (χ1n) is 12.2. The Kier molecular flexibility index (Phi) is 6.90. The van der Waals surface area contributed by atoms with E-state index in [-0.39, 0.29) is 0 Å². The van der Waals surface area contributed by atoms with Crippen LogP contribution in [0.5, 0.6) is 0 Å². The molecule has 1 radical (unpaired) electrons. The molecule has 0 nitrogen and oxygen atoms in total. The second-order valence-electron chi connectivity index (χ2n) is 11.0. The van der Waals surface area contributed by atoms with Crippen LogP contribution in [0, 0.1) is 0 Å². The number of hydrogen-bond acceptors (Lipinski definition) is 0. The highest BCUT2D eigenvalue weighted by molar-refractivity contribution is 6.69. The van der Waals surface area contributed by atoms with E-state index in [9.17, 15) is 0 Å². The van der Waals surface area contributed by atoms with Crippen molar-refractivity contribution in [1.82, 2.24) is 0 Å². The van der Waals surface area contributed by atoms with E-state index < -0.39 is 0 Å². The molecule has 1 aliphatic heterocycles. The van der Waals surface area contributed by atoms with Crippen molar-refractivity contribution < 1.29 is 0 Å². The van der Waals surface area contributed by atoms with E-state index >= 15 is 0 Å². The smallest absolute Gasteiger partial charge is 0.0746 e. The fourth-order valence-electron chi connectivity index (χ4n) is 5.15. The molecule has 0 fully saturated rings. The first-order valence-corrected chi connectivity index (χ1v) is 12.2. The average molecular weight is 401 g/mol. The van der Waals surface area contributed by atoms with E-state index in [1.807, 2.05) is 0 Å². The molecular formula is C29H42B. The maximum atomic E-state index is 2.57. The van der Waals surface area contributed by atoms with Crippen LogP contribution in [0.25, 0.3) is 0 Å². The lowest BCUT2D eigenvalue weighted by Gasteiger charge is -2.32. The van der Waals surface area contributed by atoms with Crippen LogP contribution >= 0.6 is 0 Å². The zero-order chi connectivity index (χ0) is 22.3. The Morgan fingerprint density at radius 3 is 1.27 bits per heavy atom. The minimum Gasteiger partial charge on any atom is -0.0746 e. The molecule has 1 heteroatoms. The molecule has 0 aromatic heterocycles. The van der Waals surface area contributed by atoms with Gasteiger partial charge in [0.25, 0.3) is 0 Å². The van der Waals surface area contributed by atoms with Gasteiger partial charge in [-0.1, -0.05) is 127 Å².